The molecular weight excluding hydrogens is 344 g/mol. The number of alkyl halides is 2. The molecular formula is C18H21F2N3O3. The number of nitrogens with zero attached hydrogens (tertiary/aromatic N) is 3. The molecule has 2 aromatic heterocycles. The third-order valence-corrected chi connectivity index (χ3v) is 4.83. The molecule has 0 aromatic carbocycles. The van der Waals surface area contributed by atoms with Crippen molar-refractivity contribution in [1.82, 2.24) is 14.8 Å². The van der Waals surface area contributed by atoms with Crippen LogP contribution in [0, 0.1) is 13.8 Å². The summed E-state index contributed by atoms with van der Waals surface area (Å²) in [5, 5.41) is 4.21. The number of hydrogen-bond acceptors (Lipinski definition) is 5. The maximum absolute atomic E-state index is 13.5. The van der Waals surface area contributed by atoms with Crippen molar-refractivity contribution in [3.05, 3.63) is 33.2 Å². The minimum absolute atomic E-state index is 0.105. The predicted octanol–water partition coefficient (Wildman–Crippen LogP) is 3.34. The molecule has 26 heavy (non-hydrogen) atoms. The summed E-state index contributed by atoms with van der Waals surface area (Å²) in [4.78, 5) is 29.2. The Morgan fingerprint density at radius 1 is 1.35 bits per heavy atom. The molecule has 1 fully saturated rings. The lowest BCUT2D eigenvalue weighted by atomic mass is 9.92. The summed E-state index contributed by atoms with van der Waals surface area (Å²) in [5.74, 6) is -3.51. The second-order valence-electron chi connectivity index (χ2n) is 6.69. The minimum atomic E-state index is -2.68. The predicted molar refractivity (Wildman–Crippen MR) is 91.7 cm³/mol. The van der Waals surface area contributed by atoms with Crippen molar-refractivity contribution in [2.75, 3.05) is 6.61 Å². The Labute approximate surface area is 149 Å². The van der Waals surface area contributed by atoms with Crippen LogP contribution in [0.25, 0.3) is 11.0 Å². The van der Waals surface area contributed by atoms with Crippen molar-refractivity contribution in [3.8, 4) is 0 Å². The van der Waals surface area contributed by atoms with E-state index < -0.39 is 17.3 Å². The van der Waals surface area contributed by atoms with Crippen molar-refractivity contribution < 1.29 is 18.3 Å². The third kappa shape index (κ3) is 3.32. The van der Waals surface area contributed by atoms with Crippen molar-refractivity contribution >= 4 is 17.0 Å². The molecule has 0 bridgehead atoms. The van der Waals surface area contributed by atoms with Crippen LogP contribution >= 0.6 is 0 Å². The van der Waals surface area contributed by atoms with E-state index in [-0.39, 0.29) is 49.5 Å². The van der Waals surface area contributed by atoms with E-state index >= 15 is 0 Å². The summed E-state index contributed by atoms with van der Waals surface area (Å²) >= 11 is 0. The van der Waals surface area contributed by atoms with E-state index in [0.29, 0.717) is 11.2 Å². The SMILES string of the molecule is CCOC(=O)c1nn(C2CCC(F)(F)CC2)c2cc(C)c(C)nc2c1=O. The summed E-state index contributed by atoms with van der Waals surface area (Å²) in [7, 11) is 0. The summed E-state index contributed by atoms with van der Waals surface area (Å²) < 4.78 is 33.5. The number of hydrogen-bond donors (Lipinski definition) is 0. The standard InChI is InChI=1S/C18H21F2N3O3/c1-4-26-17(25)15-16(24)14-13(9-10(2)11(3)21-14)23(22-15)12-5-7-18(19,20)8-6-12/h9,12H,4-8H2,1-3H3. The van der Waals surface area contributed by atoms with E-state index in [4.69, 9.17) is 4.74 Å². The lowest BCUT2D eigenvalue weighted by Gasteiger charge is -2.30. The average molecular weight is 365 g/mol. The van der Waals surface area contributed by atoms with Crippen LogP contribution in [0.5, 0.6) is 0 Å². The number of aryl methyl sites for hydroxylation is 2. The topological polar surface area (TPSA) is 74.1 Å². The van der Waals surface area contributed by atoms with Crippen LogP contribution < -0.4 is 5.43 Å². The van der Waals surface area contributed by atoms with Crippen LogP contribution in [0.1, 0.15) is 60.4 Å². The Morgan fingerprint density at radius 3 is 2.62 bits per heavy atom. The van der Waals surface area contributed by atoms with Gasteiger partial charge in [0.05, 0.1) is 18.2 Å². The Morgan fingerprint density at radius 2 is 2.00 bits per heavy atom. The Hall–Kier alpha value is -2.38. The normalized spacial score (nSPS) is 17.4. The van der Waals surface area contributed by atoms with Crippen LogP contribution in [0.15, 0.2) is 10.9 Å². The molecule has 1 aliphatic carbocycles. The fraction of sp³-hybridized carbons (Fsp3) is 0.556. The van der Waals surface area contributed by atoms with Crippen LogP contribution in [0.4, 0.5) is 8.78 Å². The largest absolute Gasteiger partial charge is 0.461 e. The summed E-state index contributed by atoms with van der Waals surface area (Å²) in [5.41, 5.74) is 1.14. The molecule has 2 aromatic rings. The number of fused-ring (bicyclic) bond motifs is 1. The van der Waals surface area contributed by atoms with Gasteiger partial charge in [0.15, 0.2) is 0 Å². The zero-order valence-electron chi connectivity index (χ0n) is 15.0. The van der Waals surface area contributed by atoms with Crippen LogP contribution in [-0.4, -0.2) is 33.3 Å². The first-order valence-electron chi connectivity index (χ1n) is 8.69. The van der Waals surface area contributed by atoms with E-state index in [9.17, 15) is 18.4 Å². The van der Waals surface area contributed by atoms with Gasteiger partial charge in [-0.25, -0.2) is 18.6 Å². The fourth-order valence-electron chi connectivity index (χ4n) is 3.23. The van der Waals surface area contributed by atoms with Crippen molar-refractivity contribution in [1.29, 1.82) is 0 Å². The molecule has 0 unspecified atom stereocenters. The van der Waals surface area contributed by atoms with Crippen LogP contribution in [-0.2, 0) is 4.74 Å². The number of carbonyl (C=O) groups excluding carboxylic acids is 1. The summed E-state index contributed by atoms with van der Waals surface area (Å²) in [6.45, 7) is 5.36. The molecule has 8 heteroatoms. The van der Waals surface area contributed by atoms with Gasteiger partial charge in [-0.3, -0.25) is 9.48 Å². The van der Waals surface area contributed by atoms with Gasteiger partial charge >= 0.3 is 5.97 Å². The van der Waals surface area contributed by atoms with Gasteiger partial charge < -0.3 is 4.74 Å². The van der Waals surface area contributed by atoms with E-state index in [1.165, 1.54) is 4.68 Å². The van der Waals surface area contributed by atoms with Gasteiger partial charge in [-0.1, -0.05) is 0 Å². The van der Waals surface area contributed by atoms with Gasteiger partial charge in [0.1, 0.15) is 5.52 Å². The van der Waals surface area contributed by atoms with Gasteiger partial charge in [-0.05, 0) is 45.2 Å². The molecule has 1 saturated carbocycles. The first kappa shape index (κ1) is 18.4. The third-order valence-electron chi connectivity index (χ3n) is 4.83. The van der Waals surface area contributed by atoms with Crippen LogP contribution in [0.2, 0.25) is 0 Å². The Balaban J connectivity index is 2.20. The van der Waals surface area contributed by atoms with Crippen LogP contribution in [0.3, 0.4) is 0 Å². The number of halogens is 2. The van der Waals surface area contributed by atoms with E-state index in [2.05, 4.69) is 10.1 Å². The second kappa shape index (κ2) is 6.74. The van der Waals surface area contributed by atoms with E-state index in [1.54, 1.807) is 19.9 Å². The first-order chi connectivity index (χ1) is 12.2. The second-order valence-corrected chi connectivity index (χ2v) is 6.69. The maximum Gasteiger partial charge on any atom is 0.362 e. The molecule has 0 radical (unpaired) electrons. The lowest BCUT2D eigenvalue weighted by molar-refractivity contribution is -0.0447. The zero-order chi connectivity index (χ0) is 19.1. The molecule has 0 N–H and O–H groups in total. The van der Waals surface area contributed by atoms with Crippen molar-refractivity contribution in [2.24, 2.45) is 0 Å². The van der Waals surface area contributed by atoms with Gasteiger partial charge in [0.25, 0.3) is 0 Å². The highest BCUT2D eigenvalue weighted by Crippen LogP contribution is 2.38. The number of aromatic nitrogens is 3. The highest BCUT2D eigenvalue weighted by Gasteiger charge is 2.36. The fourth-order valence-corrected chi connectivity index (χ4v) is 3.23. The molecule has 0 spiro atoms. The Bertz CT molecular complexity index is 914. The van der Waals surface area contributed by atoms with E-state index in [1.807, 2.05) is 6.92 Å². The highest BCUT2D eigenvalue weighted by atomic mass is 19.3. The Kier molecular flexibility index (Phi) is 4.77. The molecule has 0 amide bonds. The highest BCUT2D eigenvalue weighted by molar-refractivity contribution is 5.90. The quantitative estimate of drug-likeness (QED) is 0.780. The average Bonchev–Trinajstić information content (AvgIpc) is 2.58. The van der Waals surface area contributed by atoms with Crippen molar-refractivity contribution in [2.45, 2.75) is 58.4 Å². The van der Waals surface area contributed by atoms with E-state index in [0.717, 1.165) is 5.56 Å². The molecule has 0 atom stereocenters. The molecule has 2 heterocycles. The van der Waals surface area contributed by atoms with Gasteiger partial charge in [-0.15, -0.1) is 0 Å². The maximum atomic E-state index is 13.5. The molecule has 0 aliphatic heterocycles. The van der Waals surface area contributed by atoms with Gasteiger partial charge in [0.2, 0.25) is 17.0 Å². The number of carbonyl (C=O) groups is 1. The molecule has 6 nitrogen and oxygen atoms in total. The number of rotatable bonds is 3. The van der Waals surface area contributed by atoms with Gasteiger partial charge in [-0.2, -0.15) is 5.10 Å². The number of esters is 1. The van der Waals surface area contributed by atoms with Gasteiger partial charge in [0, 0.05) is 18.5 Å². The first-order valence-corrected chi connectivity index (χ1v) is 8.69. The molecule has 140 valence electrons. The summed E-state index contributed by atoms with van der Waals surface area (Å²) in [6.07, 6.45) is -0.0692. The number of ether oxygens (including phenoxy) is 1. The monoisotopic (exact) mass is 365 g/mol. The molecule has 0 saturated heterocycles. The lowest BCUT2D eigenvalue weighted by Crippen LogP contribution is -2.31. The summed E-state index contributed by atoms with van der Waals surface area (Å²) in [6, 6.07) is 1.45. The smallest absolute Gasteiger partial charge is 0.362 e. The minimum Gasteiger partial charge on any atom is -0.461 e. The molecule has 3 rings (SSSR count). The molecule has 1 aliphatic rings. The van der Waals surface area contributed by atoms with Crippen molar-refractivity contribution in [3.63, 3.8) is 0 Å². The zero-order valence-corrected chi connectivity index (χ0v) is 15.0. The number of pyridine rings is 1.